The monoisotopic (exact) mass is 308 g/mol. The zero-order valence-corrected chi connectivity index (χ0v) is 14.0. The van der Waals surface area contributed by atoms with Crippen LogP contribution in [0.15, 0.2) is 16.8 Å². The Morgan fingerprint density at radius 3 is 2.48 bits per heavy atom. The average Bonchev–Trinajstić information content (AvgIpc) is 2.96. The third-order valence-electron chi connectivity index (χ3n) is 4.52. The van der Waals surface area contributed by atoms with Crippen molar-refractivity contribution in [3.8, 4) is 0 Å². The van der Waals surface area contributed by atoms with E-state index in [4.69, 9.17) is 0 Å². The molecule has 0 aromatic carbocycles. The zero-order chi connectivity index (χ0) is 15.6. The van der Waals surface area contributed by atoms with Gasteiger partial charge in [0.25, 0.3) is 0 Å². The zero-order valence-electron chi connectivity index (χ0n) is 13.2. The summed E-state index contributed by atoms with van der Waals surface area (Å²) >= 11 is 1.61. The van der Waals surface area contributed by atoms with E-state index in [9.17, 15) is 9.59 Å². The second kappa shape index (κ2) is 6.18. The first-order chi connectivity index (χ1) is 9.96. The summed E-state index contributed by atoms with van der Waals surface area (Å²) in [5, 5.41) is 6.99. The second-order valence-corrected chi connectivity index (χ2v) is 6.77. The van der Waals surface area contributed by atoms with Gasteiger partial charge < -0.3 is 10.2 Å². The maximum absolute atomic E-state index is 12.9. The number of thiophene rings is 1. The van der Waals surface area contributed by atoms with Crippen molar-refractivity contribution in [2.24, 2.45) is 5.92 Å². The Labute approximate surface area is 130 Å². The number of nitrogens with zero attached hydrogens (tertiary/aromatic N) is 1. The normalized spacial score (nSPS) is 21.8. The molecule has 0 saturated carbocycles. The molecule has 1 aromatic heterocycles. The summed E-state index contributed by atoms with van der Waals surface area (Å²) in [7, 11) is 0. The Hall–Kier alpha value is -1.36. The van der Waals surface area contributed by atoms with E-state index >= 15 is 0 Å². The van der Waals surface area contributed by atoms with Gasteiger partial charge in [-0.05, 0) is 41.1 Å². The van der Waals surface area contributed by atoms with E-state index in [1.165, 1.54) is 0 Å². The molecule has 2 rings (SSSR count). The Morgan fingerprint density at radius 2 is 2.00 bits per heavy atom. The first kappa shape index (κ1) is 16.0. The van der Waals surface area contributed by atoms with Gasteiger partial charge in [-0.1, -0.05) is 27.7 Å². The molecule has 0 bridgehead atoms. The molecule has 0 aliphatic carbocycles. The van der Waals surface area contributed by atoms with Crippen molar-refractivity contribution in [1.82, 2.24) is 10.2 Å². The van der Waals surface area contributed by atoms with E-state index in [1.54, 1.807) is 16.2 Å². The minimum absolute atomic E-state index is 0.0129. The molecule has 1 N–H and O–H groups in total. The van der Waals surface area contributed by atoms with Crippen molar-refractivity contribution >= 4 is 23.2 Å². The van der Waals surface area contributed by atoms with Crippen LogP contribution < -0.4 is 5.32 Å². The van der Waals surface area contributed by atoms with Crippen LogP contribution >= 0.6 is 11.3 Å². The van der Waals surface area contributed by atoms with Crippen LogP contribution in [0.1, 0.15) is 46.1 Å². The SMILES string of the molecule is CCC1(CC)C(=O)NC(C(C)C)C(=O)N1Cc1ccsc1. The van der Waals surface area contributed by atoms with Crippen molar-refractivity contribution in [3.63, 3.8) is 0 Å². The molecule has 2 amide bonds. The van der Waals surface area contributed by atoms with Crippen LogP contribution in [0.25, 0.3) is 0 Å². The van der Waals surface area contributed by atoms with Gasteiger partial charge >= 0.3 is 0 Å². The number of nitrogens with one attached hydrogen (secondary N) is 1. The summed E-state index contributed by atoms with van der Waals surface area (Å²) in [5.74, 6) is 0.124. The molecule has 4 nitrogen and oxygen atoms in total. The number of rotatable bonds is 5. The molecule has 1 saturated heterocycles. The minimum Gasteiger partial charge on any atom is -0.342 e. The lowest BCUT2D eigenvalue weighted by Crippen LogP contribution is -2.70. The Kier molecular flexibility index (Phi) is 4.71. The minimum atomic E-state index is -0.718. The van der Waals surface area contributed by atoms with Gasteiger partial charge in [0.15, 0.2) is 0 Å². The molecule has 116 valence electrons. The highest BCUT2D eigenvalue weighted by molar-refractivity contribution is 7.07. The van der Waals surface area contributed by atoms with Gasteiger partial charge in [-0.15, -0.1) is 0 Å². The van der Waals surface area contributed by atoms with Gasteiger partial charge in [0, 0.05) is 6.54 Å². The summed E-state index contributed by atoms with van der Waals surface area (Å²) in [6, 6.07) is 1.60. The van der Waals surface area contributed by atoms with Crippen molar-refractivity contribution in [2.45, 2.75) is 58.7 Å². The molecule has 0 spiro atoms. The summed E-state index contributed by atoms with van der Waals surface area (Å²) in [6.45, 7) is 8.41. The Bertz CT molecular complexity index is 506. The van der Waals surface area contributed by atoms with E-state index in [1.807, 2.05) is 44.5 Å². The predicted molar refractivity (Wildman–Crippen MR) is 85.0 cm³/mol. The topological polar surface area (TPSA) is 49.4 Å². The highest BCUT2D eigenvalue weighted by Crippen LogP contribution is 2.32. The molecule has 21 heavy (non-hydrogen) atoms. The smallest absolute Gasteiger partial charge is 0.246 e. The fourth-order valence-corrected chi connectivity index (χ4v) is 3.70. The van der Waals surface area contributed by atoms with Crippen LogP contribution in [0.5, 0.6) is 0 Å². The van der Waals surface area contributed by atoms with E-state index in [0.717, 1.165) is 5.56 Å². The van der Waals surface area contributed by atoms with Crippen LogP contribution in [-0.2, 0) is 16.1 Å². The fraction of sp³-hybridized carbons (Fsp3) is 0.625. The van der Waals surface area contributed by atoms with Crippen LogP contribution in [0.3, 0.4) is 0 Å². The van der Waals surface area contributed by atoms with E-state index in [0.29, 0.717) is 19.4 Å². The van der Waals surface area contributed by atoms with Crippen molar-refractivity contribution in [1.29, 1.82) is 0 Å². The van der Waals surface area contributed by atoms with Crippen molar-refractivity contribution in [2.75, 3.05) is 0 Å². The number of carbonyl (C=O) groups excluding carboxylic acids is 2. The number of piperazine rings is 1. The molecule has 1 aliphatic heterocycles. The average molecular weight is 308 g/mol. The van der Waals surface area contributed by atoms with Gasteiger partial charge in [0.2, 0.25) is 11.8 Å². The van der Waals surface area contributed by atoms with Crippen LogP contribution in [-0.4, -0.2) is 28.3 Å². The highest BCUT2D eigenvalue weighted by Gasteiger charge is 2.50. The Morgan fingerprint density at radius 1 is 1.33 bits per heavy atom. The molecule has 1 fully saturated rings. The molecular weight excluding hydrogens is 284 g/mol. The quantitative estimate of drug-likeness (QED) is 0.909. The third-order valence-corrected chi connectivity index (χ3v) is 5.25. The first-order valence-corrected chi connectivity index (χ1v) is 8.54. The standard InChI is InChI=1S/C16H24N2O2S/c1-5-16(6-2)15(20)17-13(11(3)4)14(19)18(16)9-12-7-8-21-10-12/h7-8,10-11,13H,5-6,9H2,1-4H3,(H,17,20). The molecular formula is C16H24N2O2S. The lowest BCUT2D eigenvalue weighted by atomic mass is 9.83. The molecule has 0 radical (unpaired) electrons. The third kappa shape index (κ3) is 2.71. The predicted octanol–water partition coefficient (Wildman–Crippen LogP) is 2.79. The van der Waals surface area contributed by atoms with Crippen LogP contribution in [0, 0.1) is 5.92 Å². The lowest BCUT2D eigenvalue weighted by molar-refractivity contribution is -0.160. The largest absolute Gasteiger partial charge is 0.342 e. The molecule has 2 heterocycles. The van der Waals surface area contributed by atoms with Crippen LogP contribution in [0.2, 0.25) is 0 Å². The van der Waals surface area contributed by atoms with Gasteiger partial charge in [-0.3, -0.25) is 9.59 Å². The number of hydrogen-bond donors (Lipinski definition) is 1. The molecule has 1 unspecified atom stereocenters. The summed E-state index contributed by atoms with van der Waals surface area (Å²) in [5.41, 5.74) is 0.376. The number of amides is 2. The molecule has 1 atom stereocenters. The van der Waals surface area contributed by atoms with Crippen LogP contribution in [0.4, 0.5) is 0 Å². The summed E-state index contributed by atoms with van der Waals surface area (Å²) in [4.78, 5) is 27.4. The molecule has 1 aromatic rings. The van der Waals surface area contributed by atoms with Gasteiger partial charge in [-0.25, -0.2) is 0 Å². The van der Waals surface area contributed by atoms with Gasteiger partial charge in [0.1, 0.15) is 11.6 Å². The molecule has 5 heteroatoms. The van der Waals surface area contributed by atoms with Crippen molar-refractivity contribution < 1.29 is 9.59 Å². The van der Waals surface area contributed by atoms with E-state index in [-0.39, 0.29) is 17.7 Å². The lowest BCUT2D eigenvalue weighted by Gasteiger charge is -2.48. The summed E-state index contributed by atoms with van der Waals surface area (Å²) in [6.07, 6.45) is 1.27. The van der Waals surface area contributed by atoms with Gasteiger partial charge in [0.05, 0.1) is 0 Å². The van der Waals surface area contributed by atoms with Crippen molar-refractivity contribution in [3.05, 3.63) is 22.4 Å². The number of carbonyl (C=O) groups is 2. The number of hydrogen-bond acceptors (Lipinski definition) is 3. The summed E-state index contributed by atoms with van der Waals surface area (Å²) < 4.78 is 0. The molecule has 1 aliphatic rings. The fourth-order valence-electron chi connectivity index (χ4n) is 3.04. The van der Waals surface area contributed by atoms with E-state index < -0.39 is 11.6 Å². The Balaban J connectivity index is 2.39. The first-order valence-electron chi connectivity index (χ1n) is 7.59. The maximum atomic E-state index is 12.9. The van der Waals surface area contributed by atoms with E-state index in [2.05, 4.69) is 5.32 Å². The van der Waals surface area contributed by atoms with Gasteiger partial charge in [-0.2, -0.15) is 11.3 Å². The maximum Gasteiger partial charge on any atom is 0.246 e. The highest BCUT2D eigenvalue weighted by atomic mass is 32.1. The second-order valence-electron chi connectivity index (χ2n) is 5.99.